The van der Waals surface area contributed by atoms with Crippen LogP contribution in [0.15, 0.2) is 40.3 Å². The van der Waals surface area contributed by atoms with Crippen molar-refractivity contribution >= 4 is 17.5 Å². The molecule has 0 saturated carbocycles. The Kier molecular flexibility index (Phi) is 7.86. The van der Waals surface area contributed by atoms with E-state index in [1.54, 1.807) is 0 Å². The van der Waals surface area contributed by atoms with Crippen LogP contribution in [-0.2, 0) is 16.1 Å². The number of aromatic nitrogens is 1. The number of pyridine rings is 1. The Bertz CT molecular complexity index is 819. The number of allylic oxidation sites excluding steroid dienone is 1. The summed E-state index contributed by atoms with van der Waals surface area (Å²) < 4.78 is 54.8. The second kappa shape index (κ2) is 10.1. The fourth-order valence-corrected chi connectivity index (χ4v) is 2.56. The van der Waals surface area contributed by atoms with Crippen molar-refractivity contribution in [3.05, 3.63) is 41.6 Å². The number of halogens is 4. The molecule has 1 aromatic heterocycles. The van der Waals surface area contributed by atoms with E-state index in [1.807, 2.05) is 6.92 Å². The molecule has 6 nitrogen and oxygen atoms in total. The summed E-state index contributed by atoms with van der Waals surface area (Å²) in [5.74, 6) is -0.584. The second-order valence-corrected chi connectivity index (χ2v) is 6.38. The van der Waals surface area contributed by atoms with Gasteiger partial charge < -0.3 is 4.74 Å². The zero-order chi connectivity index (χ0) is 21.4. The van der Waals surface area contributed by atoms with Crippen molar-refractivity contribution in [2.45, 2.75) is 52.3 Å². The van der Waals surface area contributed by atoms with E-state index in [9.17, 15) is 22.4 Å². The van der Waals surface area contributed by atoms with Gasteiger partial charge in [0.15, 0.2) is 5.90 Å². The molecule has 2 rings (SSSR count). The number of rotatable bonds is 7. The molecular weight excluding hydrogens is 392 g/mol. The topological polar surface area (TPSA) is 67.2 Å². The van der Waals surface area contributed by atoms with Crippen LogP contribution in [0.1, 0.15) is 45.1 Å². The zero-order valence-corrected chi connectivity index (χ0v) is 16.2. The highest BCUT2D eigenvalue weighted by molar-refractivity contribution is 6.03. The van der Waals surface area contributed by atoms with E-state index < -0.39 is 25.0 Å². The van der Waals surface area contributed by atoms with Gasteiger partial charge in [0.05, 0.1) is 31.5 Å². The van der Waals surface area contributed by atoms with E-state index in [2.05, 4.69) is 15.1 Å². The van der Waals surface area contributed by atoms with Crippen molar-refractivity contribution < 1.29 is 27.1 Å². The van der Waals surface area contributed by atoms with Gasteiger partial charge in [0.1, 0.15) is 5.82 Å². The minimum absolute atomic E-state index is 0.0902. The summed E-state index contributed by atoms with van der Waals surface area (Å²) in [6, 6.07) is 1.28. The van der Waals surface area contributed by atoms with Gasteiger partial charge >= 0.3 is 6.18 Å². The number of nitrogens with zero attached hydrogens (tertiary/aromatic N) is 4. The Morgan fingerprint density at radius 1 is 1.34 bits per heavy atom. The van der Waals surface area contributed by atoms with Gasteiger partial charge in [-0.05, 0) is 23.6 Å². The maximum atomic E-state index is 13.3. The van der Waals surface area contributed by atoms with E-state index in [0.717, 1.165) is 11.8 Å². The average molecular weight is 414 g/mol. The molecule has 2 heterocycles. The van der Waals surface area contributed by atoms with Crippen LogP contribution in [0, 0.1) is 5.82 Å². The summed E-state index contributed by atoms with van der Waals surface area (Å²) >= 11 is 0. The van der Waals surface area contributed by atoms with Crippen molar-refractivity contribution in [2.24, 2.45) is 10.1 Å². The van der Waals surface area contributed by atoms with Gasteiger partial charge in [0.2, 0.25) is 5.91 Å². The van der Waals surface area contributed by atoms with Crippen molar-refractivity contribution in [3.8, 4) is 0 Å². The SMILES string of the molecule is CC/C(=C\N=C(C)OCCC(F)(F)F)C1=NN(Cc2cncc(F)c2)C(=O)CC1. The first kappa shape index (κ1) is 22.5. The highest BCUT2D eigenvalue weighted by Gasteiger charge is 2.27. The molecule has 0 atom stereocenters. The fraction of sp³-hybridized carbons (Fsp3) is 0.474. The molecule has 1 aliphatic heterocycles. The third-order valence-corrected chi connectivity index (χ3v) is 4.05. The molecule has 0 bridgehead atoms. The molecule has 1 amide bonds. The molecule has 0 spiro atoms. The summed E-state index contributed by atoms with van der Waals surface area (Å²) in [6.45, 7) is 2.93. The lowest BCUT2D eigenvalue weighted by atomic mass is 10.0. The number of amides is 1. The molecule has 158 valence electrons. The third kappa shape index (κ3) is 7.63. The van der Waals surface area contributed by atoms with Crippen LogP contribution in [0.3, 0.4) is 0 Å². The lowest BCUT2D eigenvalue weighted by molar-refractivity contribution is -0.140. The van der Waals surface area contributed by atoms with Gasteiger partial charge in [-0.1, -0.05) is 6.92 Å². The average Bonchev–Trinajstić information content (AvgIpc) is 2.63. The maximum absolute atomic E-state index is 13.3. The third-order valence-electron chi connectivity index (χ3n) is 4.05. The van der Waals surface area contributed by atoms with Crippen LogP contribution >= 0.6 is 0 Å². The highest BCUT2D eigenvalue weighted by atomic mass is 19.4. The Labute approximate surface area is 166 Å². The number of hydrogen-bond donors (Lipinski definition) is 0. The number of alkyl halides is 3. The van der Waals surface area contributed by atoms with Crippen LogP contribution in [0.5, 0.6) is 0 Å². The summed E-state index contributed by atoms with van der Waals surface area (Å²) in [7, 11) is 0. The molecule has 0 unspecified atom stereocenters. The van der Waals surface area contributed by atoms with Crippen LogP contribution in [0.2, 0.25) is 0 Å². The Balaban J connectivity index is 2.09. The van der Waals surface area contributed by atoms with E-state index in [0.29, 0.717) is 24.1 Å². The van der Waals surface area contributed by atoms with E-state index >= 15 is 0 Å². The van der Waals surface area contributed by atoms with Gasteiger partial charge in [0, 0.05) is 32.2 Å². The normalized spacial score (nSPS) is 16.1. The molecule has 0 N–H and O–H groups in total. The van der Waals surface area contributed by atoms with Crippen LogP contribution in [0.25, 0.3) is 0 Å². The molecule has 0 aliphatic carbocycles. The number of hydrogen-bond acceptors (Lipinski definition) is 5. The predicted molar refractivity (Wildman–Crippen MR) is 99.5 cm³/mol. The standard InChI is InChI=1S/C19H22F4N4O2/c1-3-15(10-25-13(2)29-7-6-19(21,22)23)17-4-5-18(28)27(26-17)12-14-8-16(20)11-24-9-14/h8-11H,3-7,12H2,1-2H3/b15-10+,25-13?. The molecule has 0 fully saturated rings. The largest absolute Gasteiger partial charge is 0.481 e. The number of carbonyl (C=O) groups excluding carboxylic acids is 1. The molecule has 1 aromatic rings. The number of hydrazone groups is 1. The van der Waals surface area contributed by atoms with Gasteiger partial charge in [-0.3, -0.25) is 9.78 Å². The molecule has 0 aromatic carbocycles. The summed E-state index contributed by atoms with van der Waals surface area (Å²) in [6.07, 6.45) is -0.101. The minimum atomic E-state index is -4.28. The van der Waals surface area contributed by atoms with Gasteiger partial charge in [-0.15, -0.1) is 0 Å². The molecule has 29 heavy (non-hydrogen) atoms. The smallest absolute Gasteiger partial charge is 0.392 e. The first-order chi connectivity index (χ1) is 13.7. The Morgan fingerprint density at radius 2 is 2.10 bits per heavy atom. The van der Waals surface area contributed by atoms with E-state index in [-0.39, 0.29) is 24.8 Å². The van der Waals surface area contributed by atoms with Crippen molar-refractivity contribution in [1.82, 2.24) is 9.99 Å². The first-order valence-corrected chi connectivity index (χ1v) is 9.08. The summed E-state index contributed by atoms with van der Waals surface area (Å²) in [5.41, 5.74) is 1.89. The molecule has 1 aliphatic rings. The number of aliphatic imine (C=N–C) groups is 1. The summed E-state index contributed by atoms with van der Waals surface area (Å²) in [5, 5.41) is 5.61. The van der Waals surface area contributed by atoms with Crippen molar-refractivity contribution in [2.75, 3.05) is 6.61 Å². The Morgan fingerprint density at radius 3 is 2.76 bits per heavy atom. The maximum Gasteiger partial charge on any atom is 0.392 e. The highest BCUT2D eigenvalue weighted by Crippen LogP contribution is 2.20. The second-order valence-electron chi connectivity index (χ2n) is 6.38. The van der Waals surface area contributed by atoms with Gasteiger partial charge in [-0.25, -0.2) is 14.4 Å². The molecular formula is C19H22F4N4O2. The summed E-state index contributed by atoms with van der Waals surface area (Å²) in [4.78, 5) is 20.0. The van der Waals surface area contributed by atoms with E-state index in [4.69, 9.17) is 4.74 Å². The van der Waals surface area contributed by atoms with E-state index in [1.165, 1.54) is 30.4 Å². The minimum Gasteiger partial charge on any atom is -0.481 e. The van der Waals surface area contributed by atoms with Crippen molar-refractivity contribution in [1.29, 1.82) is 0 Å². The zero-order valence-electron chi connectivity index (χ0n) is 16.2. The molecule has 10 heteroatoms. The predicted octanol–water partition coefficient (Wildman–Crippen LogP) is 4.38. The number of carbonyl (C=O) groups is 1. The van der Waals surface area contributed by atoms with Crippen LogP contribution in [0.4, 0.5) is 17.6 Å². The molecule has 0 radical (unpaired) electrons. The Hall–Kier alpha value is -2.78. The first-order valence-electron chi connectivity index (χ1n) is 9.08. The van der Waals surface area contributed by atoms with Crippen molar-refractivity contribution in [3.63, 3.8) is 0 Å². The quantitative estimate of drug-likeness (QED) is 0.378. The fourth-order valence-electron chi connectivity index (χ4n) is 2.56. The van der Waals surface area contributed by atoms with Gasteiger partial charge in [0.25, 0.3) is 0 Å². The number of ether oxygens (including phenoxy) is 1. The van der Waals surface area contributed by atoms with Crippen LogP contribution in [-0.4, -0.2) is 40.3 Å². The van der Waals surface area contributed by atoms with Gasteiger partial charge in [-0.2, -0.15) is 18.3 Å². The molecule has 0 saturated heterocycles. The lowest BCUT2D eigenvalue weighted by Crippen LogP contribution is -2.31. The van der Waals surface area contributed by atoms with Crippen LogP contribution < -0.4 is 0 Å². The monoisotopic (exact) mass is 414 g/mol. The lowest BCUT2D eigenvalue weighted by Gasteiger charge is -2.24.